The van der Waals surface area contributed by atoms with Gasteiger partial charge < -0.3 is 10.2 Å². The van der Waals surface area contributed by atoms with Gasteiger partial charge in [-0.2, -0.15) is 0 Å². The summed E-state index contributed by atoms with van der Waals surface area (Å²) in [5.41, 5.74) is 1.47. The van der Waals surface area contributed by atoms with Crippen LogP contribution in [-0.4, -0.2) is 36.0 Å². The number of amides is 1. The van der Waals surface area contributed by atoms with E-state index in [0.29, 0.717) is 23.9 Å². The molecule has 1 N–H and O–H groups in total. The highest BCUT2D eigenvalue weighted by Crippen LogP contribution is 2.36. The van der Waals surface area contributed by atoms with Crippen LogP contribution in [0.25, 0.3) is 0 Å². The molecule has 1 saturated carbocycles. The lowest BCUT2D eigenvalue weighted by molar-refractivity contribution is -0.128. The van der Waals surface area contributed by atoms with Crippen LogP contribution in [0.3, 0.4) is 0 Å². The van der Waals surface area contributed by atoms with E-state index in [1.165, 1.54) is 18.4 Å². The van der Waals surface area contributed by atoms with Crippen LogP contribution in [0.15, 0.2) is 30.3 Å². The first kappa shape index (κ1) is 13.6. The highest BCUT2D eigenvalue weighted by Gasteiger charge is 2.31. The third kappa shape index (κ3) is 3.04. The average Bonchev–Trinajstić information content (AvgIpc) is 2.80. The first-order valence-corrected chi connectivity index (χ1v) is 7.81. The number of hydrogen-bond donors (Lipinski definition) is 1. The summed E-state index contributed by atoms with van der Waals surface area (Å²) in [5, 5.41) is 3.67. The maximum Gasteiger partial charge on any atom is 0.222 e. The van der Waals surface area contributed by atoms with E-state index in [0.717, 1.165) is 25.9 Å². The van der Waals surface area contributed by atoms with Gasteiger partial charge in [0.15, 0.2) is 0 Å². The summed E-state index contributed by atoms with van der Waals surface area (Å²) in [5.74, 6) is 1.05. The number of benzene rings is 1. The molecule has 108 valence electrons. The summed E-state index contributed by atoms with van der Waals surface area (Å²) < 4.78 is 0. The van der Waals surface area contributed by atoms with Crippen molar-refractivity contribution in [1.29, 1.82) is 0 Å². The molecule has 1 aliphatic carbocycles. The molecule has 1 unspecified atom stereocenters. The molecule has 1 aromatic rings. The van der Waals surface area contributed by atoms with E-state index >= 15 is 0 Å². The molecule has 2 fully saturated rings. The fourth-order valence-electron chi connectivity index (χ4n) is 3.43. The Morgan fingerprint density at radius 1 is 1.30 bits per heavy atom. The van der Waals surface area contributed by atoms with Gasteiger partial charge in [0.2, 0.25) is 5.91 Å². The molecular weight excluding hydrogens is 248 g/mol. The van der Waals surface area contributed by atoms with E-state index in [1.54, 1.807) is 0 Å². The number of nitrogens with one attached hydrogen (secondary N) is 1. The van der Waals surface area contributed by atoms with Crippen LogP contribution < -0.4 is 5.32 Å². The second-order valence-electron chi connectivity index (χ2n) is 6.29. The van der Waals surface area contributed by atoms with Crippen molar-refractivity contribution in [3.63, 3.8) is 0 Å². The molecule has 1 saturated heterocycles. The van der Waals surface area contributed by atoms with Crippen LogP contribution >= 0.6 is 0 Å². The second kappa shape index (κ2) is 5.96. The third-order valence-electron chi connectivity index (χ3n) is 4.59. The molecule has 20 heavy (non-hydrogen) atoms. The van der Waals surface area contributed by atoms with Crippen molar-refractivity contribution < 1.29 is 4.79 Å². The minimum absolute atomic E-state index is 0.328. The van der Waals surface area contributed by atoms with Crippen molar-refractivity contribution in [3.05, 3.63) is 35.9 Å². The molecule has 3 nitrogen and oxygen atoms in total. The summed E-state index contributed by atoms with van der Waals surface area (Å²) >= 11 is 0. The molecule has 0 radical (unpaired) electrons. The van der Waals surface area contributed by atoms with Crippen molar-refractivity contribution in [3.8, 4) is 0 Å². The Morgan fingerprint density at radius 3 is 2.70 bits per heavy atom. The number of likely N-dealkylation sites (tertiary alicyclic amines) is 1. The van der Waals surface area contributed by atoms with Gasteiger partial charge in [-0.15, -0.1) is 0 Å². The van der Waals surface area contributed by atoms with Crippen molar-refractivity contribution in [2.45, 2.75) is 50.6 Å². The van der Waals surface area contributed by atoms with Gasteiger partial charge in [-0.25, -0.2) is 0 Å². The fraction of sp³-hybridized carbons (Fsp3) is 0.588. The number of nitrogens with zero attached hydrogens (tertiary/aromatic N) is 1. The van der Waals surface area contributed by atoms with E-state index in [-0.39, 0.29) is 0 Å². The normalized spacial score (nSPS) is 27.4. The Bertz CT molecular complexity index is 453. The van der Waals surface area contributed by atoms with Crippen LogP contribution in [0, 0.1) is 0 Å². The quantitative estimate of drug-likeness (QED) is 0.893. The smallest absolute Gasteiger partial charge is 0.222 e. The summed E-state index contributed by atoms with van der Waals surface area (Å²) in [4.78, 5) is 13.6. The third-order valence-corrected chi connectivity index (χ3v) is 4.59. The van der Waals surface area contributed by atoms with Crippen LogP contribution in [0.2, 0.25) is 0 Å². The van der Waals surface area contributed by atoms with Crippen LogP contribution in [0.4, 0.5) is 0 Å². The van der Waals surface area contributed by atoms with Crippen molar-refractivity contribution in [2.24, 2.45) is 0 Å². The number of rotatable bonds is 5. The first-order valence-electron chi connectivity index (χ1n) is 7.81. The number of hydrogen-bond acceptors (Lipinski definition) is 2. The molecule has 1 atom stereocenters. The standard InChI is InChI=1S/C17H24N2O/c1-13(12-19-9-5-8-17(19)20)18-16-10-15(11-16)14-6-3-2-4-7-14/h2-4,6-7,13,15-16,18H,5,8-12H2,1H3. The van der Waals surface area contributed by atoms with Gasteiger partial charge in [-0.3, -0.25) is 4.79 Å². The second-order valence-corrected chi connectivity index (χ2v) is 6.29. The molecule has 0 aromatic heterocycles. The van der Waals surface area contributed by atoms with E-state index in [9.17, 15) is 4.79 Å². The number of carbonyl (C=O) groups excluding carboxylic acids is 1. The van der Waals surface area contributed by atoms with E-state index in [4.69, 9.17) is 0 Å². The molecule has 0 spiro atoms. The van der Waals surface area contributed by atoms with Crippen LogP contribution in [-0.2, 0) is 4.79 Å². The fourth-order valence-corrected chi connectivity index (χ4v) is 3.43. The molecule has 1 aromatic carbocycles. The van der Waals surface area contributed by atoms with Crippen LogP contribution in [0.1, 0.15) is 44.1 Å². The maximum atomic E-state index is 11.6. The molecule has 3 heteroatoms. The van der Waals surface area contributed by atoms with Crippen molar-refractivity contribution in [1.82, 2.24) is 10.2 Å². The van der Waals surface area contributed by atoms with E-state index in [1.807, 2.05) is 4.90 Å². The SMILES string of the molecule is CC(CN1CCCC1=O)NC1CC(c2ccccc2)C1. The molecular formula is C17H24N2O. The van der Waals surface area contributed by atoms with Gasteiger partial charge in [-0.05, 0) is 37.7 Å². The summed E-state index contributed by atoms with van der Waals surface area (Å²) in [6.07, 6.45) is 4.22. The zero-order valence-electron chi connectivity index (χ0n) is 12.2. The lowest BCUT2D eigenvalue weighted by atomic mass is 9.75. The maximum absolute atomic E-state index is 11.6. The molecule has 1 aliphatic heterocycles. The largest absolute Gasteiger partial charge is 0.341 e. The predicted octanol–water partition coefficient (Wildman–Crippen LogP) is 2.53. The predicted molar refractivity (Wildman–Crippen MR) is 80.6 cm³/mol. The highest BCUT2D eigenvalue weighted by atomic mass is 16.2. The summed E-state index contributed by atoms with van der Waals surface area (Å²) in [7, 11) is 0. The van der Waals surface area contributed by atoms with Crippen molar-refractivity contribution in [2.75, 3.05) is 13.1 Å². The Kier molecular flexibility index (Phi) is 4.06. The van der Waals surface area contributed by atoms with Gasteiger partial charge in [0.05, 0.1) is 0 Å². The Balaban J connectivity index is 1.41. The van der Waals surface area contributed by atoms with Gasteiger partial charge in [0.1, 0.15) is 0 Å². The van der Waals surface area contributed by atoms with Gasteiger partial charge in [-0.1, -0.05) is 30.3 Å². The Morgan fingerprint density at radius 2 is 2.05 bits per heavy atom. The highest BCUT2D eigenvalue weighted by molar-refractivity contribution is 5.78. The zero-order chi connectivity index (χ0) is 13.9. The van der Waals surface area contributed by atoms with E-state index in [2.05, 4.69) is 42.6 Å². The van der Waals surface area contributed by atoms with Gasteiger partial charge >= 0.3 is 0 Å². The van der Waals surface area contributed by atoms with Gasteiger partial charge in [0.25, 0.3) is 0 Å². The van der Waals surface area contributed by atoms with Gasteiger partial charge in [0, 0.05) is 31.6 Å². The topological polar surface area (TPSA) is 32.3 Å². The lowest BCUT2D eigenvalue weighted by Crippen LogP contribution is -2.48. The molecule has 1 heterocycles. The molecule has 1 amide bonds. The van der Waals surface area contributed by atoms with E-state index < -0.39 is 0 Å². The summed E-state index contributed by atoms with van der Waals surface area (Å²) in [6, 6.07) is 11.8. The molecule has 3 rings (SSSR count). The Labute approximate surface area is 121 Å². The monoisotopic (exact) mass is 272 g/mol. The molecule has 0 bridgehead atoms. The lowest BCUT2D eigenvalue weighted by Gasteiger charge is -2.38. The minimum Gasteiger partial charge on any atom is -0.341 e. The summed E-state index contributed by atoms with van der Waals surface area (Å²) in [6.45, 7) is 4.01. The first-order chi connectivity index (χ1) is 9.72. The Hall–Kier alpha value is -1.35. The van der Waals surface area contributed by atoms with Crippen molar-refractivity contribution >= 4 is 5.91 Å². The zero-order valence-corrected chi connectivity index (χ0v) is 12.2. The molecule has 2 aliphatic rings. The minimum atomic E-state index is 0.328. The average molecular weight is 272 g/mol. The van der Waals surface area contributed by atoms with Crippen LogP contribution in [0.5, 0.6) is 0 Å². The number of carbonyl (C=O) groups is 1.